The van der Waals surface area contributed by atoms with Crippen LogP contribution in [0.3, 0.4) is 0 Å². The van der Waals surface area contributed by atoms with Crippen molar-refractivity contribution in [2.75, 3.05) is 6.54 Å². The monoisotopic (exact) mass is 308 g/mol. The number of rotatable bonds is 6. The molecule has 1 unspecified atom stereocenters. The molecular formula is C16H21ClN2S. The molecule has 0 aliphatic rings. The third kappa shape index (κ3) is 3.60. The zero-order valence-electron chi connectivity index (χ0n) is 12.2. The molecule has 4 heteroatoms. The Bertz CT molecular complexity index is 548. The summed E-state index contributed by atoms with van der Waals surface area (Å²) in [6.07, 6.45) is 2.10. The molecule has 1 aromatic heterocycles. The van der Waals surface area contributed by atoms with Gasteiger partial charge in [-0.05, 0) is 44.0 Å². The molecule has 0 radical (unpaired) electrons. The quantitative estimate of drug-likeness (QED) is 0.832. The summed E-state index contributed by atoms with van der Waals surface area (Å²) in [6, 6.07) is 8.21. The standard InChI is InChI=1S/C16H21ClN2S/c1-4-10-18-15(12-6-8-13(17)9-7-12)16-19-14(5-2)11(3)20-16/h6-9,15,18H,4-5,10H2,1-3H3. The normalized spacial score (nSPS) is 12.6. The molecule has 0 bridgehead atoms. The molecule has 0 aliphatic carbocycles. The minimum Gasteiger partial charge on any atom is -0.304 e. The van der Waals surface area contributed by atoms with E-state index in [0.29, 0.717) is 0 Å². The van der Waals surface area contributed by atoms with E-state index in [9.17, 15) is 0 Å². The van der Waals surface area contributed by atoms with Crippen molar-refractivity contribution >= 4 is 22.9 Å². The van der Waals surface area contributed by atoms with Gasteiger partial charge in [0.15, 0.2) is 0 Å². The molecule has 0 saturated carbocycles. The molecular weight excluding hydrogens is 288 g/mol. The molecule has 1 N–H and O–H groups in total. The van der Waals surface area contributed by atoms with Crippen LogP contribution in [0.5, 0.6) is 0 Å². The maximum atomic E-state index is 5.99. The van der Waals surface area contributed by atoms with E-state index in [1.165, 1.54) is 16.1 Å². The van der Waals surface area contributed by atoms with Gasteiger partial charge in [0.05, 0.1) is 11.7 Å². The molecule has 2 aromatic rings. The largest absolute Gasteiger partial charge is 0.304 e. The van der Waals surface area contributed by atoms with Gasteiger partial charge in [0.2, 0.25) is 0 Å². The molecule has 1 atom stereocenters. The minimum absolute atomic E-state index is 0.163. The van der Waals surface area contributed by atoms with Gasteiger partial charge in [0.1, 0.15) is 5.01 Å². The molecule has 2 nitrogen and oxygen atoms in total. The summed E-state index contributed by atoms with van der Waals surface area (Å²) in [7, 11) is 0. The highest BCUT2D eigenvalue weighted by Crippen LogP contribution is 2.29. The number of hydrogen-bond donors (Lipinski definition) is 1. The van der Waals surface area contributed by atoms with Crippen molar-refractivity contribution in [1.29, 1.82) is 0 Å². The van der Waals surface area contributed by atoms with E-state index >= 15 is 0 Å². The summed E-state index contributed by atoms with van der Waals surface area (Å²) in [5.41, 5.74) is 2.43. The molecule has 0 amide bonds. The third-order valence-electron chi connectivity index (χ3n) is 3.29. The second-order valence-electron chi connectivity index (χ2n) is 4.85. The fourth-order valence-corrected chi connectivity index (χ4v) is 3.43. The lowest BCUT2D eigenvalue weighted by molar-refractivity contribution is 0.594. The van der Waals surface area contributed by atoms with Crippen LogP contribution in [0.4, 0.5) is 0 Å². The molecule has 108 valence electrons. The van der Waals surface area contributed by atoms with E-state index in [-0.39, 0.29) is 6.04 Å². The Morgan fingerprint density at radius 3 is 2.50 bits per heavy atom. The summed E-state index contributed by atoms with van der Waals surface area (Å²) in [5, 5.41) is 5.51. The Labute approximate surface area is 130 Å². The van der Waals surface area contributed by atoms with Crippen molar-refractivity contribution < 1.29 is 0 Å². The van der Waals surface area contributed by atoms with Gasteiger partial charge in [-0.3, -0.25) is 0 Å². The molecule has 0 spiro atoms. The first-order chi connectivity index (χ1) is 9.65. The number of nitrogens with zero attached hydrogens (tertiary/aromatic N) is 1. The van der Waals surface area contributed by atoms with Crippen molar-refractivity contribution in [3.05, 3.63) is 50.4 Å². The van der Waals surface area contributed by atoms with Crippen LogP contribution >= 0.6 is 22.9 Å². The Hall–Kier alpha value is -0.900. The Kier molecular flexibility index (Phi) is 5.58. The Balaban J connectivity index is 2.33. The Morgan fingerprint density at radius 2 is 1.95 bits per heavy atom. The molecule has 1 aromatic carbocycles. The van der Waals surface area contributed by atoms with Gasteiger partial charge in [0, 0.05) is 9.90 Å². The highest BCUT2D eigenvalue weighted by molar-refractivity contribution is 7.11. The smallest absolute Gasteiger partial charge is 0.115 e. The van der Waals surface area contributed by atoms with E-state index in [0.717, 1.165) is 29.4 Å². The van der Waals surface area contributed by atoms with Gasteiger partial charge in [-0.2, -0.15) is 0 Å². The lowest BCUT2D eigenvalue weighted by Gasteiger charge is -2.16. The molecule has 2 rings (SSSR count). The van der Waals surface area contributed by atoms with Crippen LogP contribution in [-0.2, 0) is 6.42 Å². The van der Waals surface area contributed by atoms with Crippen molar-refractivity contribution in [3.63, 3.8) is 0 Å². The average molecular weight is 309 g/mol. The maximum Gasteiger partial charge on any atom is 0.115 e. The summed E-state index contributed by atoms with van der Waals surface area (Å²) < 4.78 is 0. The molecule has 0 saturated heterocycles. The Morgan fingerprint density at radius 1 is 1.25 bits per heavy atom. The minimum atomic E-state index is 0.163. The van der Waals surface area contributed by atoms with E-state index in [1.54, 1.807) is 11.3 Å². The number of halogens is 1. The topological polar surface area (TPSA) is 24.9 Å². The number of benzene rings is 1. The van der Waals surface area contributed by atoms with Crippen LogP contribution in [0.1, 0.15) is 47.5 Å². The van der Waals surface area contributed by atoms with Gasteiger partial charge in [-0.15, -0.1) is 11.3 Å². The highest BCUT2D eigenvalue weighted by Gasteiger charge is 2.18. The zero-order chi connectivity index (χ0) is 14.5. The predicted molar refractivity (Wildman–Crippen MR) is 87.8 cm³/mol. The second kappa shape index (κ2) is 7.21. The second-order valence-corrected chi connectivity index (χ2v) is 6.52. The first kappa shape index (κ1) is 15.5. The van der Waals surface area contributed by atoms with Crippen LogP contribution in [0, 0.1) is 6.92 Å². The fraction of sp³-hybridized carbons (Fsp3) is 0.438. The van der Waals surface area contributed by atoms with E-state index in [4.69, 9.17) is 16.6 Å². The van der Waals surface area contributed by atoms with Crippen LogP contribution in [-0.4, -0.2) is 11.5 Å². The van der Waals surface area contributed by atoms with Crippen molar-refractivity contribution in [3.8, 4) is 0 Å². The van der Waals surface area contributed by atoms with E-state index < -0.39 is 0 Å². The number of hydrogen-bond acceptors (Lipinski definition) is 3. The maximum absolute atomic E-state index is 5.99. The van der Waals surface area contributed by atoms with Crippen LogP contribution in [0.15, 0.2) is 24.3 Å². The summed E-state index contributed by atoms with van der Waals surface area (Å²) >= 11 is 7.77. The van der Waals surface area contributed by atoms with E-state index in [1.807, 2.05) is 12.1 Å². The zero-order valence-corrected chi connectivity index (χ0v) is 13.8. The summed E-state index contributed by atoms with van der Waals surface area (Å²) in [6.45, 7) is 7.46. The lowest BCUT2D eigenvalue weighted by atomic mass is 10.1. The van der Waals surface area contributed by atoms with Crippen molar-refractivity contribution in [1.82, 2.24) is 10.3 Å². The summed E-state index contributed by atoms with van der Waals surface area (Å²) in [5.74, 6) is 0. The van der Waals surface area contributed by atoms with Gasteiger partial charge in [-0.1, -0.05) is 37.6 Å². The van der Waals surface area contributed by atoms with Crippen molar-refractivity contribution in [2.45, 2.75) is 39.7 Å². The highest BCUT2D eigenvalue weighted by atomic mass is 35.5. The molecule has 1 heterocycles. The van der Waals surface area contributed by atoms with Gasteiger partial charge >= 0.3 is 0 Å². The molecule has 0 aliphatic heterocycles. The number of thiazole rings is 1. The number of aryl methyl sites for hydroxylation is 2. The third-order valence-corrected chi connectivity index (χ3v) is 4.62. The van der Waals surface area contributed by atoms with Crippen LogP contribution in [0.25, 0.3) is 0 Å². The average Bonchev–Trinajstić information content (AvgIpc) is 2.82. The first-order valence-corrected chi connectivity index (χ1v) is 8.30. The molecule has 0 fully saturated rings. The lowest BCUT2D eigenvalue weighted by Crippen LogP contribution is -2.23. The molecule has 20 heavy (non-hydrogen) atoms. The first-order valence-electron chi connectivity index (χ1n) is 7.10. The van der Waals surface area contributed by atoms with Crippen LogP contribution in [0.2, 0.25) is 5.02 Å². The number of aromatic nitrogens is 1. The van der Waals surface area contributed by atoms with Crippen molar-refractivity contribution in [2.24, 2.45) is 0 Å². The van der Waals surface area contributed by atoms with Gasteiger partial charge in [0.25, 0.3) is 0 Å². The van der Waals surface area contributed by atoms with Crippen LogP contribution < -0.4 is 5.32 Å². The van der Waals surface area contributed by atoms with Gasteiger partial charge < -0.3 is 5.32 Å². The number of nitrogens with one attached hydrogen (secondary N) is 1. The van der Waals surface area contributed by atoms with E-state index in [2.05, 4.69) is 38.2 Å². The fourth-order valence-electron chi connectivity index (χ4n) is 2.19. The SMILES string of the molecule is CCCNC(c1ccc(Cl)cc1)c1nc(CC)c(C)s1. The van der Waals surface area contributed by atoms with Gasteiger partial charge in [-0.25, -0.2) is 4.98 Å². The summed E-state index contributed by atoms with van der Waals surface area (Å²) in [4.78, 5) is 6.12. The predicted octanol–water partition coefficient (Wildman–Crippen LogP) is 4.76.